The van der Waals surface area contributed by atoms with Crippen molar-refractivity contribution in [2.45, 2.75) is 6.42 Å². The Morgan fingerprint density at radius 1 is 0.929 bits per heavy atom. The van der Waals surface area contributed by atoms with E-state index in [1.165, 1.54) is 6.07 Å². The molecule has 0 aliphatic heterocycles. The highest BCUT2D eigenvalue weighted by atomic mass is 19.2. The van der Waals surface area contributed by atoms with Gasteiger partial charge in [0.1, 0.15) is 16.9 Å². The Labute approximate surface area is 154 Å². The predicted octanol–water partition coefficient (Wildman–Crippen LogP) is 3.07. The van der Waals surface area contributed by atoms with Gasteiger partial charge in [0.2, 0.25) is 11.6 Å². The van der Waals surface area contributed by atoms with E-state index in [0.29, 0.717) is 11.8 Å². The summed E-state index contributed by atoms with van der Waals surface area (Å²) in [7, 11) is 0. The van der Waals surface area contributed by atoms with E-state index < -0.39 is 52.0 Å². The van der Waals surface area contributed by atoms with Crippen molar-refractivity contribution in [3.8, 4) is 5.75 Å². The fourth-order valence-electron chi connectivity index (χ4n) is 2.27. The van der Waals surface area contributed by atoms with Crippen molar-refractivity contribution in [3.05, 3.63) is 76.3 Å². The molecule has 0 bridgehead atoms. The Morgan fingerprint density at radius 2 is 1.46 bits per heavy atom. The first-order chi connectivity index (χ1) is 13.2. The number of rotatable bonds is 7. The third-order valence-corrected chi connectivity index (χ3v) is 3.69. The largest absolute Gasteiger partial charge is 0.508 e. The highest BCUT2D eigenvalue weighted by Crippen LogP contribution is 2.25. The van der Waals surface area contributed by atoms with Gasteiger partial charge < -0.3 is 15.5 Å². The van der Waals surface area contributed by atoms with E-state index in [1.807, 2.05) is 0 Å². The van der Waals surface area contributed by atoms with Gasteiger partial charge in [-0.15, -0.1) is 0 Å². The van der Waals surface area contributed by atoms with Crippen LogP contribution in [0.3, 0.4) is 0 Å². The molecular formula is C18H12F5NO4. The van der Waals surface area contributed by atoms with Crippen LogP contribution in [0.1, 0.15) is 15.9 Å². The smallest absolute Gasteiger partial charge is 0.341 e. The lowest BCUT2D eigenvalue weighted by Crippen LogP contribution is -2.22. The van der Waals surface area contributed by atoms with Crippen molar-refractivity contribution >= 4 is 11.8 Å². The summed E-state index contributed by atoms with van der Waals surface area (Å²) in [6.07, 6.45) is 0.773. The van der Waals surface area contributed by atoms with E-state index in [-0.39, 0.29) is 18.7 Å². The number of ketones is 1. The van der Waals surface area contributed by atoms with Gasteiger partial charge in [-0.3, -0.25) is 4.79 Å². The summed E-state index contributed by atoms with van der Waals surface area (Å²) in [6, 6.07) is 6.22. The number of benzene rings is 2. The van der Waals surface area contributed by atoms with E-state index in [0.717, 1.165) is 0 Å². The number of carbonyl (C=O) groups excluding carboxylic acids is 1. The number of aromatic hydroxyl groups is 1. The van der Waals surface area contributed by atoms with Crippen LogP contribution >= 0.6 is 0 Å². The molecule has 0 amide bonds. The highest BCUT2D eigenvalue weighted by Gasteiger charge is 2.33. The maximum absolute atomic E-state index is 13.7. The quantitative estimate of drug-likeness (QED) is 0.0971. The zero-order chi connectivity index (χ0) is 21.0. The molecule has 0 aromatic heterocycles. The van der Waals surface area contributed by atoms with E-state index in [9.17, 15) is 36.6 Å². The van der Waals surface area contributed by atoms with Crippen LogP contribution in [-0.2, 0) is 11.2 Å². The summed E-state index contributed by atoms with van der Waals surface area (Å²) < 4.78 is 67.0. The van der Waals surface area contributed by atoms with Gasteiger partial charge in [0.15, 0.2) is 23.3 Å². The number of carbonyl (C=O) groups is 2. The fourth-order valence-corrected chi connectivity index (χ4v) is 2.27. The lowest BCUT2D eigenvalue weighted by molar-refractivity contribution is -0.132. The standard InChI is InChI=1S/C18H12F5NO4/c19-12-11(13(20)15(22)16(23)14(12)21)17(26)9(18(27)28)7-24-6-5-8-3-1-2-4-10(8)25/h1-4,7,24-25H,5-6H2,(H,27,28). The molecule has 2 aromatic rings. The first kappa shape index (κ1) is 20.9. The lowest BCUT2D eigenvalue weighted by atomic mass is 10.0. The number of halogens is 5. The molecular weight excluding hydrogens is 389 g/mol. The van der Waals surface area contributed by atoms with Crippen molar-refractivity contribution in [1.82, 2.24) is 5.32 Å². The maximum atomic E-state index is 13.7. The zero-order valence-electron chi connectivity index (χ0n) is 13.9. The summed E-state index contributed by atoms with van der Waals surface area (Å²) >= 11 is 0. The Balaban J connectivity index is 2.27. The Morgan fingerprint density at radius 3 is 2.00 bits per heavy atom. The van der Waals surface area contributed by atoms with Crippen LogP contribution in [0.2, 0.25) is 0 Å². The monoisotopic (exact) mass is 401 g/mol. The predicted molar refractivity (Wildman–Crippen MR) is 86.1 cm³/mol. The molecule has 0 saturated heterocycles. The topological polar surface area (TPSA) is 86.6 Å². The average molecular weight is 401 g/mol. The van der Waals surface area contributed by atoms with Crippen LogP contribution in [0.5, 0.6) is 5.75 Å². The first-order valence-electron chi connectivity index (χ1n) is 7.66. The Kier molecular flexibility index (Phi) is 6.34. The number of nitrogens with one attached hydrogen (secondary N) is 1. The molecule has 0 spiro atoms. The second-order valence-electron chi connectivity index (χ2n) is 5.47. The summed E-state index contributed by atoms with van der Waals surface area (Å²) in [4.78, 5) is 23.3. The minimum atomic E-state index is -2.46. The van der Waals surface area contributed by atoms with Crippen molar-refractivity contribution in [2.24, 2.45) is 0 Å². The molecule has 5 nitrogen and oxygen atoms in total. The molecule has 2 rings (SSSR count). The summed E-state index contributed by atoms with van der Waals surface area (Å²) in [6.45, 7) is -0.00125. The minimum absolute atomic E-state index is 0.00125. The van der Waals surface area contributed by atoms with Crippen LogP contribution in [-0.4, -0.2) is 28.5 Å². The number of hydrogen-bond donors (Lipinski definition) is 3. The number of carboxylic acid groups (broad SMARTS) is 1. The van der Waals surface area contributed by atoms with Gasteiger partial charge in [-0.25, -0.2) is 26.7 Å². The molecule has 0 aliphatic rings. The third kappa shape index (κ3) is 4.11. The minimum Gasteiger partial charge on any atom is -0.508 e. The average Bonchev–Trinajstić information content (AvgIpc) is 2.65. The number of Topliss-reactive ketones (excluding diaryl/α,β-unsaturated/α-hetero) is 1. The second-order valence-corrected chi connectivity index (χ2v) is 5.47. The van der Waals surface area contributed by atoms with Crippen molar-refractivity contribution in [2.75, 3.05) is 6.54 Å². The molecule has 0 heterocycles. The molecule has 0 fully saturated rings. The molecule has 10 heteroatoms. The molecule has 0 saturated carbocycles. The van der Waals surface area contributed by atoms with Crippen LogP contribution < -0.4 is 5.32 Å². The fraction of sp³-hybridized carbons (Fsp3) is 0.111. The number of aliphatic carboxylic acids is 1. The lowest BCUT2D eigenvalue weighted by Gasteiger charge is -2.09. The molecule has 0 atom stereocenters. The van der Waals surface area contributed by atoms with Crippen LogP contribution in [0.15, 0.2) is 36.0 Å². The van der Waals surface area contributed by atoms with Crippen molar-refractivity contribution < 1.29 is 41.8 Å². The highest BCUT2D eigenvalue weighted by molar-refractivity contribution is 6.23. The summed E-state index contributed by atoms with van der Waals surface area (Å²) in [5.74, 6) is -15.9. The summed E-state index contributed by atoms with van der Waals surface area (Å²) in [5.41, 5.74) is -2.61. The first-order valence-corrected chi connectivity index (χ1v) is 7.66. The van der Waals surface area contributed by atoms with Crippen LogP contribution in [0.25, 0.3) is 0 Å². The molecule has 0 aliphatic carbocycles. The normalized spacial score (nSPS) is 11.4. The SMILES string of the molecule is O=C(O)C(=CNCCc1ccccc1O)C(=O)c1c(F)c(F)c(F)c(F)c1F. The van der Waals surface area contributed by atoms with E-state index in [4.69, 9.17) is 5.11 Å². The van der Waals surface area contributed by atoms with Crippen LogP contribution in [0.4, 0.5) is 22.0 Å². The maximum Gasteiger partial charge on any atom is 0.341 e. The van der Waals surface area contributed by atoms with E-state index >= 15 is 0 Å². The molecule has 0 radical (unpaired) electrons. The Bertz CT molecular complexity index is 946. The van der Waals surface area contributed by atoms with Crippen molar-refractivity contribution in [3.63, 3.8) is 0 Å². The molecule has 148 valence electrons. The number of phenols is 1. The van der Waals surface area contributed by atoms with E-state index in [2.05, 4.69) is 5.32 Å². The zero-order valence-corrected chi connectivity index (χ0v) is 13.9. The van der Waals surface area contributed by atoms with Crippen molar-refractivity contribution in [1.29, 1.82) is 0 Å². The van der Waals surface area contributed by atoms with Crippen LogP contribution in [0, 0.1) is 29.1 Å². The van der Waals surface area contributed by atoms with E-state index in [1.54, 1.807) is 18.2 Å². The summed E-state index contributed by atoms with van der Waals surface area (Å²) in [5, 5.41) is 21.1. The van der Waals surface area contributed by atoms with Gasteiger partial charge in [0, 0.05) is 12.7 Å². The number of para-hydroxylation sites is 1. The van der Waals surface area contributed by atoms with Gasteiger partial charge in [-0.05, 0) is 18.1 Å². The molecule has 2 aromatic carbocycles. The number of carboxylic acids is 1. The molecule has 28 heavy (non-hydrogen) atoms. The number of phenolic OH excluding ortho intramolecular Hbond substituents is 1. The number of hydrogen-bond acceptors (Lipinski definition) is 4. The van der Waals surface area contributed by atoms with Gasteiger partial charge in [-0.2, -0.15) is 0 Å². The van der Waals surface area contributed by atoms with Gasteiger partial charge >= 0.3 is 5.97 Å². The molecule has 3 N–H and O–H groups in total. The van der Waals surface area contributed by atoms with Gasteiger partial charge in [0.25, 0.3) is 0 Å². The Hall–Kier alpha value is -3.43. The van der Waals surface area contributed by atoms with Gasteiger partial charge in [0.05, 0.1) is 0 Å². The second kappa shape index (κ2) is 8.51. The third-order valence-electron chi connectivity index (χ3n) is 3.69. The van der Waals surface area contributed by atoms with Gasteiger partial charge in [-0.1, -0.05) is 18.2 Å². The molecule has 0 unspecified atom stereocenters.